The van der Waals surface area contributed by atoms with Gasteiger partial charge in [0.1, 0.15) is 5.69 Å². The lowest BCUT2D eigenvalue weighted by Crippen LogP contribution is -2.32. The van der Waals surface area contributed by atoms with Gasteiger partial charge in [0.2, 0.25) is 10.0 Å². The number of nitrogens with zero attached hydrogens (tertiary/aromatic N) is 2. The molecule has 0 amide bonds. The molecule has 0 aliphatic heterocycles. The van der Waals surface area contributed by atoms with E-state index in [1.54, 1.807) is 13.8 Å². The Morgan fingerprint density at radius 1 is 1.50 bits per heavy atom. The van der Waals surface area contributed by atoms with Gasteiger partial charge in [-0.2, -0.15) is 4.31 Å². The van der Waals surface area contributed by atoms with Gasteiger partial charge in [-0.15, -0.1) is 0 Å². The van der Waals surface area contributed by atoms with Crippen LogP contribution >= 0.6 is 0 Å². The van der Waals surface area contributed by atoms with Gasteiger partial charge in [-0.25, -0.2) is 8.42 Å². The quantitative estimate of drug-likeness (QED) is 0.373. The smallest absolute Gasteiger partial charge is 0.293 e. The zero-order chi connectivity index (χ0) is 15.5. The van der Waals surface area contributed by atoms with Gasteiger partial charge in [0.25, 0.3) is 5.69 Å². The molecule has 0 fully saturated rings. The van der Waals surface area contributed by atoms with Crippen molar-refractivity contribution in [2.24, 2.45) is 0 Å². The zero-order valence-electron chi connectivity index (χ0n) is 11.4. The summed E-state index contributed by atoms with van der Waals surface area (Å²) in [5.41, 5.74) is 5.65. The van der Waals surface area contributed by atoms with E-state index in [0.29, 0.717) is 5.57 Å². The van der Waals surface area contributed by atoms with Gasteiger partial charge in [-0.05, 0) is 19.1 Å². The third-order valence-corrected chi connectivity index (χ3v) is 4.55. The van der Waals surface area contributed by atoms with Crippen molar-refractivity contribution in [3.05, 3.63) is 40.5 Å². The monoisotopic (exact) mass is 299 g/mol. The van der Waals surface area contributed by atoms with Gasteiger partial charge < -0.3 is 5.73 Å². The standard InChI is InChI=1S/C12H17N3O4S/c1-4-14(8-9(2)3)20(18,19)10-5-6-11(13)12(7-10)15(16)17/h5-7H,2,4,8,13H2,1,3H3. The summed E-state index contributed by atoms with van der Waals surface area (Å²) in [4.78, 5) is 9.96. The van der Waals surface area contributed by atoms with Crippen LogP contribution in [0.25, 0.3) is 0 Å². The average molecular weight is 299 g/mol. The number of sulfonamides is 1. The number of hydrogen-bond acceptors (Lipinski definition) is 5. The number of hydrogen-bond donors (Lipinski definition) is 1. The maximum absolute atomic E-state index is 12.4. The summed E-state index contributed by atoms with van der Waals surface area (Å²) in [6.07, 6.45) is 0. The molecule has 0 unspecified atom stereocenters. The van der Waals surface area contributed by atoms with Crippen molar-refractivity contribution in [2.45, 2.75) is 18.7 Å². The summed E-state index contributed by atoms with van der Waals surface area (Å²) in [6, 6.07) is 3.46. The lowest BCUT2D eigenvalue weighted by atomic mass is 10.3. The zero-order valence-corrected chi connectivity index (χ0v) is 12.2. The largest absolute Gasteiger partial charge is 0.393 e. The van der Waals surface area contributed by atoms with Crippen LogP contribution in [0.2, 0.25) is 0 Å². The molecular weight excluding hydrogens is 282 g/mol. The van der Waals surface area contributed by atoms with Crippen LogP contribution in [0.1, 0.15) is 13.8 Å². The summed E-state index contributed by atoms with van der Waals surface area (Å²) in [5, 5.41) is 10.8. The molecule has 1 rings (SSSR count). The first-order chi connectivity index (χ1) is 9.20. The lowest BCUT2D eigenvalue weighted by Gasteiger charge is -2.20. The van der Waals surface area contributed by atoms with E-state index in [4.69, 9.17) is 5.73 Å². The summed E-state index contributed by atoms with van der Waals surface area (Å²) < 4.78 is 26.0. The third-order valence-electron chi connectivity index (χ3n) is 2.64. The number of rotatable bonds is 6. The molecule has 7 nitrogen and oxygen atoms in total. The van der Waals surface area contributed by atoms with E-state index in [1.807, 2.05) is 0 Å². The molecule has 20 heavy (non-hydrogen) atoms. The maximum Gasteiger partial charge on any atom is 0.293 e. The highest BCUT2D eigenvalue weighted by atomic mass is 32.2. The van der Waals surface area contributed by atoms with E-state index in [0.717, 1.165) is 6.07 Å². The van der Waals surface area contributed by atoms with Crippen molar-refractivity contribution in [3.8, 4) is 0 Å². The van der Waals surface area contributed by atoms with E-state index < -0.39 is 20.6 Å². The van der Waals surface area contributed by atoms with Crippen LogP contribution in [0.15, 0.2) is 35.2 Å². The predicted octanol–water partition coefficient (Wildman–Crippen LogP) is 1.76. The highest BCUT2D eigenvalue weighted by molar-refractivity contribution is 7.89. The van der Waals surface area contributed by atoms with Crippen LogP contribution in [-0.4, -0.2) is 30.7 Å². The van der Waals surface area contributed by atoms with Crippen LogP contribution in [0.4, 0.5) is 11.4 Å². The number of likely N-dealkylation sites (N-methyl/N-ethyl adjacent to an activating group) is 1. The molecule has 0 aliphatic carbocycles. The minimum absolute atomic E-state index is 0.0723. The fourth-order valence-electron chi connectivity index (χ4n) is 1.66. The van der Waals surface area contributed by atoms with Crippen LogP contribution in [-0.2, 0) is 10.0 Å². The topological polar surface area (TPSA) is 107 Å². The lowest BCUT2D eigenvalue weighted by molar-refractivity contribution is -0.384. The number of nitro benzene ring substituents is 1. The number of anilines is 1. The molecule has 110 valence electrons. The highest BCUT2D eigenvalue weighted by Crippen LogP contribution is 2.26. The van der Waals surface area contributed by atoms with Crippen LogP contribution in [0.3, 0.4) is 0 Å². The highest BCUT2D eigenvalue weighted by Gasteiger charge is 2.25. The predicted molar refractivity (Wildman–Crippen MR) is 76.8 cm³/mol. The molecule has 0 aliphatic rings. The van der Waals surface area contributed by atoms with Gasteiger partial charge >= 0.3 is 0 Å². The molecule has 2 N–H and O–H groups in total. The van der Waals surface area contributed by atoms with E-state index in [2.05, 4.69) is 6.58 Å². The minimum atomic E-state index is -3.81. The SMILES string of the molecule is C=C(C)CN(CC)S(=O)(=O)c1ccc(N)c([N+](=O)[O-])c1. The molecule has 0 radical (unpaired) electrons. The summed E-state index contributed by atoms with van der Waals surface area (Å²) in [7, 11) is -3.81. The van der Waals surface area contributed by atoms with Crippen LogP contribution in [0.5, 0.6) is 0 Å². The molecule has 0 heterocycles. The summed E-state index contributed by atoms with van der Waals surface area (Å²) >= 11 is 0. The summed E-state index contributed by atoms with van der Waals surface area (Å²) in [5.74, 6) is 0. The Balaban J connectivity index is 3.31. The Hall–Kier alpha value is -1.93. The molecular formula is C12H17N3O4S. The van der Waals surface area contributed by atoms with Gasteiger partial charge in [0.15, 0.2) is 0 Å². The fraction of sp³-hybridized carbons (Fsp3) is 0.333. The normalized spacial score (nSPS) is 11.6. The minimum Gasteiger partial charge on any atom is -0.393 e. The first kappa shape index (κ1) is 16.1. The van der Waals surface area contributed by atoms with Crippen molar-refractivity contribution in [3.63, 3.8) is 0 Å². The molecule has 0 atom stereocenters. The van der Waals surface area contributed by atoms with Crippen molar-refractivity contribution in [2.75, 3.05) is 18.8 Å². The number of benzene rings is 1. The van der Waals surface area contributed by atoms with E-state index >= 15 is 0 Å². The second-order valence-electron chi connectivity index (χ2n) is 4.37. The van der Waals surface area contributed by atoms with Crippen LogP contribution in [0, 0.1) is 10.1 Å². The Labute approximate surface area is 117 Å². The van der Waals surface area contributed by atoms with Crippen molar-refractivity contribution in [1.29, 1.82) is 0 Å². The average Bonchev–Trinajstić information content (AvgIpc) is 2.35. The second-order valence-corrected chi connectivity index (χ2v) is 6.30. The third kappa shape index (κ3) is 3.34. The maximum atomic E-state index is 12.4. The van der Waals surface area contributed by atoms with Gasteiger partial charge in [0, 0.05) is 19.2 Å². The van der Waals surface area contributed by atoms with E-state index in [9.17, 15) is 18.5 Å². The molecule has 0 spiro atoms. The molecule has 0 bridgehead atoms. The number of nitrogens with two attached hydrogens (primary N) is 1. The summed E-state index contributed by atoms with van der Waals surface area (Å²) in [6.45, 7) is 7.48. The fourth-order valence-corrected chi connectivity index (χ4v) is 3.19. The molecule has 0 aromatic heterocycles. The van der Waals surface area contributed by atoms with E-state index in [1.165, 1.54) is 16.4 Å². The van der Waals surface area contributed by atoms with Crippen molar-refractivity contribution >= 4 is 21.4 Å². The van der Waals surface area contributed by atoms with Crippen LogP contribution < -0.4 is 5.73 Å². The van der Waals surface area contributed by atoms with Gasteiger partial charge in [-0.1, -0.05) is 19.1 Å². The Bertz CT molecular complexity index is 640. The molecule has 1 aromatic rings. The molecule has 0 saturated heterocycles. The molecule has 1 aromatic carbocycles. The number of nitro groups is 1. The Morgan fingerprint density at radius 3 is 2.55 bits per heavy atom. The van der Waals surface area contributed by atoms with Gasteiger partial charge in [0.05, 0.1) is 9.82 Å². The molecule has 0 saturated carbocycles. The van der Waals surface area contributed by atoms with Crippen molar-refractivity contribution < 1.29 is 13.3 Å². The van der Waals surface area contributed by atoms with E-state index in [-0.39, 0.29) is 23.7 Å². The second kappa shape index (κ2) is 6.02. The molecule has 8 heteroatoms. The van der Waals surface area contributed by atoms with Gasteiger partial charge in [-0.3, -0.25) is 10.1 Å². The first-order valence-electron chi connectivity index (χ1n) is 5.88. The first-order valence-corrected chi connectivity index (χ1v) is 7.32. The Kier molecular flexibility index (Phi) is 4.85. The van der Waals surface area contributed by atoms with Crippen molar-refractivity contribution in [1.82, 2.24) is 4.31 Å². The Morgan fingerprint density at radius 2 is 2.10 bits per heavy atom. The number of nitrogen functional groups attached to an aromatic ring is 1.